The van der Waals surface area contributed by atoms with Crippen molar-refractivity contribution in [1.82, 2.24) is 15.0 Å². The highest BCUT2D eigenvalue weighted by Crippen LogP contribution is 2.33. The molecule has 0 saturated carbocycles. The molecule has 0 saturated heterocycles. The number of aromatic amines is 2. The Hall–Kier alpha value is -2.74. The number of imidazole rings is 1. The smallest absolute Gasteiger partial charge is 0.221 e. The maximum absolute atomic E-state index is 11.1. The highest BCUT2D eigenvalue weighted by Gasteiger charge is 2.15. The molecule has 1 aliphatic heterocycles. The number of hydrogen-bond donors (Lipinski definition) is 4. The van der Waals surface area contributed by atoms with Gasteiger partial charge in [0, 0.05) is 24.3 Å². The lowest BCUT2D eigenvalue weighted by Gasteiger charge is -2.04. The molecular formula is C13H11N5O2S. The summed E-state index contributed by atoms with van der Waals surface area (Å²) < 4.78 is 0.333. The van der Waals surface area contributed by atoms with Crippen LogP contribution in [0.3, 0.4) is 0 Å². The molecule has 0 bridgehead atoms. The maximum Gasteiger partial charge on any atom is 0.221 e. The number of allylic oxidation sites excluding steroid dienone is 1. The second kappa shape index (κ2) is 4.98. The number of amides is 1. The van der Waals surface area contributed by atoms with Gasteiger partial charge in [-0.2, -0.15) is 0 Å². The Morgan fingerprint density at radius 1 is 1.48 bits per heavy atom. The molecule has 0 spiro atoms. The molecule has 2 aromatic rings. The first kappa shape index (κ1) is 13.3. The van der Waals surface area contributed by atoms with Crippen molar-refractivity contribution in [2.75, 3.05) is 5.32 Å². The Bertz CT molecular complexity index is 846. The monoisotopic (exact) mass is 301 g/mol. The molecule has 0 unspecified atom stereocenters. The molecule has 0 aliphatic carbocycles. The van der Waals surface area contributed by atoms with Crippen LogP contribution in [0.4, 0.5) is 11.5 Å². The molecule has 3 rings (SSSR count). The van der Waals surface area contributed by atoms with E-state index in [1.807, 2.05) is 0 Å². The molecule has 2 aromatic heterocycles. The van der Waals surface area contributed by atoms with Gasteiger partial charge in [-0.3, -0.25) is 4.79 Å². The largest absolute Gasteiger partial charge is 0.493 e. The summed E-state index contributed by atoms with van der Waals surface area (Å²) in [5, 5.41) is 12.4. The number of carbonyl (C=O) groups is 1. The van der Waals surface area contributed by atoms with Crippen molar-refractivity contribution in [3.63, 3.8) is 0 Å². The van der Waals surface area contributed by atoms with Crippen molar-refractivity contribution in [3.8, 4) is 5.88 Å². The maximum atomic E-state index is 11.1. The highest BCUT2D eigenvalue weighted by molar-refractivity contribution is 7.71. The van der Waals surface area contributed by atoms with Gasteiger partial charge in [0.1, 0.15) is 5.69 Å². The summed E-state index contributed by atoms with van der Waals surface area (Å²) >= 11 is 4.91. The lowest BCUT2D eigenvalue weighted by Crippen LogP contribution is -2.06. The van der Waals surface area contributed by atoms with Crippen LogP contribution >= 0.6 is 12.2 Å². The average Bonchev–Trinajstić information content (AvgIpc) is 2.93. The molecule has 7 nitrogen and oxygen atoms in total. The van der Waals surface area contributed by atoms with Gasteiger partial charge >= 0.3 is 0 Å². The first-order chi connectivity index (χ1) is 10.0. The average molecular weight is 301 g/mol. The highest BCUT2D eigenvalue weighted by atomic mass is 32.1. The zero-order chi connectivity index (χ0) is 15.0. The quantitative estimate of drug-likeness (QED) is 0.639. The van der Waals surface area contributed by atoms with Crippen LogP contribution in [0.1, 0.15) is 18.2 Å². The SMILES string of the molecule is CC(=O)Nc1cnc2c(c1)C(=Cc1[nH]c(=S)[nH]c1O)C=N2. The molecule has 1 aliphatic rings. The second-order valence-corrected chi connectivity index (χ2v) is 4.88. The van der Waals surface area contributed by atoms with E-state index in [1.54, 1.807) is 24.6 Å². The topological polar surface area (TPSA) is 106 Å². The number of carbonyl (C=O) groups excluding carboxylic acids is 1. The number of aromatic nitrogens is 3. The van der Waals surface area contributed by atoms with E-state index < -0.39 is 0 Å². The number of pyridine rings is 1. The van der Waals surface area contributed by atoms with Gasteiger partial charge in [0.25, 0.3) is 0 Å². The van der Waals surface area contributed by atoms with E-state index in [1.165, 1.54) is 6.92 Å². The predicted octanol–water partition coefficient (Wildman–Crippen LogP) is 2.39. The fraction of sp³-hybridized carbons (Fsp3) is 0.0769. The van der Waals surface area contributed by atoms with Gasteiger partial charge in [-0.15, -0.1) is 0 Å². The Morgan fingerprint density at radius 3 is 2.95 bits per heavy atom. The first-order valence-electron chi connectivity index (χ1n) is 6.08. The zero-order valence-corrected chi connectivity index (χ0v) is 11.8. The van der Waals surface area contributed by atoms with Crippen LogP contribution in [0.25, 0.3) is 11.6 Å². The van der Waals surface area contributed by atoms with Gasteiger partial charge in [-0.1, -0.05) is 0 Å². The molecule has 1 amide bonds. The van der Waals surface area contributed by atoms with Gasteiger partial charge in [0.2, 0.25) is 11.8 Å². The summed E-state index contributed by atoms with van der Waals surface area (Å²) in [5.74, 6) is 0.345. The number of H-pyrrole nitrogens is 2. The number of rotatable bonds is 2. The fourth-order valence-corrected chi connectivity index (χ4v) is 2.21. The van der Waals surface area contributed by atoms with Crippen LogP contribution in [-0.2, 0) is 4.79 Å². The van der Waals surface area contributed by atoms with Crippen LogP contribution in [0.2, 0.25) is 0 Å². The summed E-state index contributed by atoms with van der Waals surface area (Å²) in [6.45, 7) is 1.43. The number of fused-ring (bicyclic) bond motifs is 1. The van der Waals surface area contributed by atoms with Crippen molar-refractivity contribution in [3.05, 3.63) is 28.3 Å². The summed E-state index contributed by atoms with van der Waals surface area (Å²) in [6.07, 6.45) is 4.89. The Morgan fingerprint density at radius 2 is 2.29 bits per heavy atom. The molecule has 0 radical (unpaired) electrons. The van der Waals surface area contributed by atoms with Crippen molar-refractivity contribution >= 4 is 47.5 Å². The third-order valence-corrected chi connectivity index (χ3v) is 3.06. The van der Waals surface area contributed by atoms with Crippen LogP contribution in [-0.4, -0.2) is 32.2 Å². The van der Waals surface area contributed by atoms with Crippen molar-refractivity contribution in [1.29, 1.82) is 0 Å². The van der Waals surface area contributed by atoms with E-state index in [2.05, 4.69) is 25.3 Å². The normalized spacial score (nSPS) is 14.4. The van der Waals surface area contributed by atoms with Crippen molar-refractivity contribution < 1.29 is 9.90 Å². The molecule has 21 heavy (non-hydrogen) atoms. The first-order valence-corrected chi connectivity index (χ1v) is 6.49. The van der Waals surface area contributed by atoms with E-state index in [0.717, 1.165) is 11.1 Å². The van der Waals surface area contributed by atoms with Gasteiger partial charge in [-0.25, -0.2) is 9.98 Å². The third-order valence-electron chi connectivity index (χ3n) is 2.86. The number of anilines is 1. The van der Waals surface area contributed by atoms with E-state index in [-0.39, 0.29) is 11.8 Å². The van der Waals surface area contributed by atoms with Gasteiger partial charge < -0.3 is 20.4 Å². The lowest BCUT2D eigenvalue weighted by molar-refractivity contribution is -0.114. The van der Waals surface area contributed by atoms with Crippen LogP contribution in [0.5, 0.6) is 5.88 Å². The summed E-state index contributed by atoms with van der Waals surface area (Å²) in [7, 11) is 0. The molecular weight excluding hydrogens is 290 g/mol. The Labute approximate surface area is 124 Å². The van der Waals surface area contributed by atoms with Crippen LogP contribution in [0, 0.1) is 4.77 Å². The predicted molar refractivity (Wildman–Crippen MR) is 82.2 cm³/mol. The van der Waals surface area contributed by atoms with E-state index in [9.17, 15) is 9.90 Å². The number of hydrogen-bond acceptors (Lipinski definition) is 5. The molecule has 106 valence electrons. The van der Waals surface area contributed by atoms with Gasteiger partial charge in [0.05, 0.1) is 11.9 Å². The van der Waals surface area contributed by atoms with E-state index in [4.69, 9.17) is 12.2 Å². The standard InChI is InChI=1S/C13H11N5O2S/c1-6(19)16-8-3-9-7(4-14-11(9)15-5-8)2-10-12(20)18-13(21)17-10/h2-5,20H,1H3,(H,16,19)(H2,17,18,21). The Kier molecular flexibility index (Phi) is 3.15. The second-order valence-electron chi connectivity index (χ2n) is 4.48. The fourth-order valence-electron chi connectivity index (χ4n) is 2.01. The number of aromatic hydroxyl groups is 1. The molecule has 8 heteroatoms. The van der Waals surface area contributed by atoms with Gasteiger partial charge in [0.15, 0.2) is 10.6 Å². The summed E-state index contributed by atoms with van der Waals surface area (Å²) in [6, 6.07) is 1.78. The molecule has 0 atom stereocenters. The summed E-state index contributed by atoms with van der Waals surface area (Å²) in [5.41, 5.74) is 2.56. The van der Waals surface area contributed by atoms with Gasteiger partial charge in [-0.05, 0) is 24.4 Å². The molecule has 0 fully saturated rings. The number of nitrogens with one attached hydrogen (secondary N) is 3. The minimum Gasteiger partial charge on any atom is -0.493 e. The van der Waals surface area contributed by atoms with E-state index >= 15 is 0 Å². The van der Waals surface area contributed by atoms with Crippen molar-refractivity contribution in [2.24, 2.45) is 4.99 Å². The minimum absolute atomic E-state index is 0.0414. The summed E-state index contributed by atoms with van der Waals surface area (Å²) in [4.78, 5) is 24.9. The van der Waals surface area contributed by atoms with Crippen molar-refractivity contribution in [2.45, 2.75) is 6.92 Å². The Balaban J connectivity index is 2.02. The minimum atomic E-state index is -0.173. The van der Waals surface area contributed by atoms with Crippen LogP contribution < -0.4 is 5.32 Å². The molecule has 3 heterocycles. The molecule has 4 N–H and O–H groups in total. The zero-order valence-electron chi connectivity index (χ0n) is 11.0. The number of nitrogens with zero attached hydrogens (tertiary/aromatic N) is 2. The van der Waals surface area contributed by atoms with E-state index in [0.29, 0.717) is 22.0 Å². The lowest BCUT2D eigenvalue weighted by atomic mass is 10.1. The van der Waals surface area contributed by atoms with Crippen LogP contribution in [0.15, 0.2) is 17.3 Å². The number of aliphatic imine (C=N–C) groups is 1. The third kappa shape index (κ3) is 2.61. The molecule has 0 aromatic carbocycles.